The zero-order chi connectivity index (χ0) is 16.2. The van der Waals surface area contributed by atoms with Crippen LogP contribution in [0.5, 0.6) is 0 Å². The van der Waals surface area contributed by atoms with Crippen LogP contribution in [0.15, 0.2) is 18.2 Å². The van der Waals surface area contributed by atoms with E-state index in [1.54, 1.807) is 12.1 Å². The Kier molecular flexibility index (Phi) is 4.78. The van der Waals surface area contributed by atoms with Gasteiger partial charge in [-0.2, -0.15) is 5.26 Å². The summed E-state index contributed by atoms with van der Waals surface area (Å²) in [6.07, 6.45) is 0.344. The Morgan fingerprint density at radius 2 is 2.09 bits per heavy atom. The van der Waals surface area contributed by atoms with E-state index in [9.17, 15) is 14.7 Å². The first-order chi connectivity index (χ1) is 10.5. The fourth-order valence-corrected chi connectivity index (χ4v) is 2.51. The molecule has 0 aromatic heterocycles. The van der Waals surface area contributed by atoms with Crippen molar-refractivity contribution >= 4 is 11.9 Å². The van der Waals surface area contributed by atoms with Crippen LogP contribution < -0.4 is 5.32 Å². The number of ether oxygens (including phenoxy) is 1. The minimum Gasteiger partial charge on any atom is -0.480 e. The molecule has 1 aliphatic rings. The lowest BCUT2D eigenvalue weighted by Gasteiger charge is -2.31. The molecule has 1 aromatic rings. The number of rotatable bonds is 4. The molecule has 1 aliphatic heterocycles. The van der Waals surface area contributed by atoms with Gasteiger partial charge in [-0.1, -0.05) is 12.1 Å². The average molecular weight is 302 g/mol. The van der Waals surface area contributed by atoms with Gasteiger partial charge in [0.25, 0.3) is 0 Å². The van der Waals surface area contributed by atoms with Gasteiger partial charge in [0.1, 0.15) is 0 Å². The number of carbonyl (C=O) groups is 2. The largest absolute Gasteiger partial charge is 0.480 e. The molecule has 6 heteroatoms. The van der Waals surface area contributed by atoms with Crippen LogP contribution in [0.1, 0.15) is 29.5 Å². The molecule has 1 fully saturated rings. The number of nitrogens with zero attached hydrogens (tertiary/aromatic N) is 1. The second-order valence-electron chi connectivity index (χ2n) is 5.44. The Labute approximate surface area is 128 Å². The number of nitrogens with one attached hydrogen (secondary N) is 1. The molecular formula is C16H18N2O4. The van der Waals surface area contributed by atoms with Crippen molar-refractivity contribution in [1.29, 1.82) is 5.26 Å². The first kappa shape index (κ1) is 16.0. The number of carbonyl (C=O) groups excluding carboxylic acids is 1. The smallest absolute Gasteiger partial charge is 0.319 e. The second-order valence-corrected chi connectivity index (χ2v) is 5.44. The standard InChI is InChI=1S/C16H18N2O4/c1-11-2-3-12(8-13(11)9-17)10-18-14(19)16(15(20)21)4-6-22-7-5-16/h2-3,8H,4-7,10H2,1H3,(H,18,19)(H,20,21). The molecule has 0 atom stereocenters. The van der Waals surface area contributed by atoms with Gasteiger partial charge in [-0.05, 0) is 37.0 Å². The van der Waals surface area contributed by atoms with Crippen molar-refractivity contribution in [2.45, 2.75) is 26.3 Å². The van der Waals surface area contributed by atoms with Crippen molar-refractivity contribution in [3.8, 4) is 6.07 Å². The van der Waals surface area contributed by atoms with Crippen LogP contribution in [-0.4, -0.2) is 30.2 Å². The number of carboxylic acid groups (broad SMARTS) is 1. The summed E-state index contributed by atoms with van der Waals surface area (Å²) in [5.74, 6) is -1.61. The summed E-state index contributed by atoms with van der Waals surface area (Å²) in [5.41, 5.74) is 0.763. The highest BCUT2D eigenvalue weighted by Gasteiger charge is 2.47. The average Bonchev–Trinajstić information content (AvgIpc) is 2.54. The number of hydrogen-bond acceptors (Lipinski definition) is 4. The molecule has 2 N–H and O–H groups in total. The molecule has 0 unspecified atom stereocenters. The summed E-state index contributed by atoms with van der Waals surface area (Å²) in [5, 5.41) is 21.1. The minimum atomic E-state index is -1.42. The van der Waals surface area contributed by atoms with Crippen LogP contribution >= 0.6 is 0 Å². The number of aryl methyl sites for hydroxylation is 1. The van der Waals surface area contributed by atoms with Gasteiger partial charge in [-0.3, -0.25) is 9.59 Å². The molecule has 0 saturated carbocycles. The Morgan fingerprint density at radius 3 is 2.68 bits per heavy atom. The maximum Gasteiger partial charge on any atom is 0.319 e. The number of carboxylic acids is 1. The van der Waals surface area contributed by atoms with Crippen LogP contribution in [0.4, 0.5) is 0 Å². The van der Waals surface area contributed by atoms with E-state index in [0.717, 1.165) is 11.1 Å². The predicted octanol–water partition coefficient (Wildman–Crippen LogP) is 1.36. The van der Waals surface area contributed by atoms with Crippen LogP contribution in [0.2, 0.25) is 0 Å². The highest BCUT2D eigenvalue weighted by atomic mass is 16.5. The molecular weight excluding hydrogens is 284 g/mol. The first-order valence-electron chi connectivity index (χ1n) is 7.09. The summed E-state index contributed by atoms with van der Waals surface area (Å²) in [6, 6.07) is 7.41. The Bertz CT molecular complexity index is 628. The van der Waals surface area contributed by atoms with Gasteiger partial charge in [-0.15, -0.1) is 0 Å². The zero-order valence-electron chi connectivity index (χ0n) is 12.4. The highest BCUT2D eigenvalue weighted by molar-refractivity contribution is 6.02. The van der Waals surface area contributed by atoms with Crippen molar-refractivity contribution in [1.82, 2.24) is 5.32 Å². The van der Waals surface area contributed by atoms with Crippen molar-refractivity contribution in [2.24, 2.45) is 5.41 Å². The lowest BCUT2D eigenvalue weighted by molar-refractivity contribution is -0.162. The topological polar surface area (TPSA) is 99.4 Å². The number of hydrogen-bond donors (Lipinski definition) is 2. The maximum absolute atomic E-state index is 12.3. The van der Waals surface area contributed by atoms with Gasteiger partial charge in [0.05, 0.1) is 11.6 Å². The first-order valence-corrected chi connectivity index (χ1v) is 7.09. The third kappa shape index (κ3) is 3.10. The van der Waals surface area contributed by atoms with Gasteiger partial charge in [0, 0.05) is 19.8 Å². The lowest BCUT2D eigenvalue weighted by atomic mass is 9.79. The van der Waals surface area contributed by atoms with Gasteiger partial charge in [-0.25, -0.2) is 0 Å². The quantitative estimate of drug-likeness (QED) is 0.818. The minimum absolute atomic E-state index is 0.172. The molecule has 2 rings (SSSR count). The summed E-state index contributed by atoms with van der Waals surface area (Å²) in [6.45, 7) is 2.57. The van der Waals surface area contributed by atoms with E-state index in [-0.39, 0.29) is 32.6 Å². The molecule has 22 heavy (non-hydrogen) atoms. The SMILES string of the molecule is Cc1ccc(CNC(=O)C2(C(=O)O)CCOCC2)cc1C#N. The van der Waals surface area contributed by atoms with E-state index in [0.29, 0.717) is 5.56 Å². The van der Waals surface area contributed by atoms with E-state index < -0.39 is 17.3 Å². The lowest BCUT2D eigenvalue weighted by Crippen LogP contribution is -2.49. The second kappa shape index (κ2) is 6.58. The number of nitriles is 1. The predicted molar refractivity (Wildman–Crippen MR) is 77.9 cm³/mol. The normalized spacial score (nSPS) is 16.5. The summed E-state index contributed by atoms with van der Waals surface area (Å²) in [7, 11) is 0. The summed E-state index contributed by atoms with van der Waals surface area (Å²) >= 11 is 0. The highest BCUT2D eigenvalue weighted by Crippen LogP contribution is 2.31. The van der Waals surface area contributed by atoms with E-state index >= 15 is 0 Å². The molecule has 1 aromatic carbocycles. The van der Waals surface area contributed by atoms with Gasteiger partial charge >= 0.3 is 5.97 Å². The monoisotopic (exact) mass is 302 g/mol. The number of aliphatic carboxylic acids is 1. The fourth-order valence-electron chi connectivity index (χ4n) is 2.51. The van der Waals surface area contributed by atoms with Crippen LogP contribution in [0.25, 0.3) is 0 Å². The van der Waals surface area contributed by atoms with Gasteiger partial charge in [0.2, 0.25) is 5.91 Å². The van der Waals surface area contributed by atoms with Gasteiger partial charge < -0.3 is 15.2 Å². The van der Waals surface area contributed by atoms with Crippen molar-refractivity contribution < 1.29 is 19.4 Å². The van der Waals surface area contributed by atoms with Crippen molar-refractivity contribution in [3.05, 3.63) is 34.9 Å². The van der Waals surface area contributed by atoms with E-state index in [1.165, 1.54) is 0 Å². The molecule has 1 saturated heterocycles. The Balaban J connectivity index is 2.08. The molecule has 0 bridgehead atoms. The maximum atomic E-state index is 12.3. The molecule has 116 valence electrons. The number of amides is 1. The van der Waals surface area contributed by atoms with Crippen LogP contribution in [0.3, 0.4) is 0 Å². The summed E-state index contributed by atoms with van der Waals surface area (Å²) < 4.78 is 5.15. The third-order valence-corrected chi connectivity index (χ3v) is 4.07. The van der Waals surface area contributed by atoms with E-state index in [2.05, 4.69) is 11.4 Å². The molecule has 1 heterocycles. The van der Waals surface area contributed by atoms with Crippen LogP contribution in [0, 0.1) is 23.7 Å². The number of benzene rings is 1. The third-order valence-electron chi connectivity index (χ3n) is 4.07. The van der Waals surface area contributed by atoms with Crippen LogP contribution in [-0.2, 0) is 20.9 Å². The van der Waals surface area contributed by atoms with Gasteiger partial charge in [0.15, 0.2) is 5.41 Å². The van der Waals surface area contributed by atoms with Crippen molar-refractivity contribution in [3.63, 3.8) is 0 Å². The molecule has 0 radical (unpaired) electrons. The van der Waals surface area contributed by atoms with E-state index in [4.69, 9.17) is 10.00 Å². The Hall–Kier alpha value is -2.39. The molecule has 6 nitrogen and oxygen atoms in total. The zero-order valence-corrected chi connectivity index (χ0v) is 12.4. The fraction of sp³-hybridized carbons (Fsp3) is 0.438. The van der Waals surface area contributed by atoms with E-state index in [1.807, 2.05) is 13.0 Å². The molecule has 0 spiro atoms. The molecule has 1 amide bonds. The Morgan fingerprint density at radius 1 is 1.41 bits per heavy atom. The molecule has 0 aliphatic carbocycles. The van der Waals surface area contributed by atoms with Crippen molar-refractivity contribution in [2.75, 3.05) is 13.2 Å². The summed E-state index contributed by atoms with van der Waals surface area (Å²) in [4.78, 5) is 23.9.